The van der Waals surface area contributed by atoms with E-state index in [2.05, 4.69) is 105 Å². The number of hydrogen-bond donors (Lipinski definition) is 2. The number of hydrogen-bond acceptors (Lipinski definition) is 10. The number of thioether (sulfide) groups is 1. The molecule has 44 heavy (non-hydrogen) atoms. The maximum atomic E-state index is 5.44. The topological polar surface area (TPSA) is 104 Å². The Morgan fingerprint density at radius 1 is 0.659 bits per heavy atom. The van der Waals surface area contributed by atoms with E-state index in [4.69, 9.17) is 9.47 Å². The van der Waals surface area contributed by atoms with E-state index in [9.17, 15) is 0 Å². The normalized spacial score (nSPS) is 22.6. The molecule has 2 saturated carbocycles. The summed E-state index contributed by atoms with van der Waals surface area (Å²) < 4.78 is 10.6. The predicted molar refractivity (Wildman–Crippen MR) is 190 cm³/mol. The number of nitrogens with one attached hydrogen (secondary N) is 2. The van der Waals surface area contributed by atoms with Gasteiger partial charge in [0.15, 0.2) is 11.8 Å². The van der Waals surface area contributed by atoms with Crippen molar-refractivity contribution >= 4 is 40.3 Å². The molecule has 0 bridgehead atoms. The van der Waals surface area contributed by atoms with Crippen molar-refractivity contribution in [2.24, 2.45) is 54.6 Å². The van der Waals surface area contributed by atoms with Gasteiger partial charge >= 0.3 is 0 Å². The molecule has 2 fully saturated rings. The van der Waals surface area contributed by atoms with Crippen LogP contribution in [0.2, 0.25) is 0 Å². The molecular formula is C34H61N7O2S. The summed E-state index contributed by atoms with van der Waals surface area (Å²) >= 11 is 1.90. The molecule has 7 aliphatic rings. The highest BCUT2D eigenvalue weighted by atomic mass is 32.2. The highest BCUT2D eigenvalue weighted by molar-refractivity contribution is 8.14. The monoisotopic (exact) mass is 631 g/mol. The Kier molecular flexibility index (Phi) is 14.0. The molecule has 250 valence electrons. The lowest BCUT2D eigenvalue weighted by atomic mass is 10.2. The van der Waals surface area contributed by atoms with Crippen molar-refractivity contribution in [3.8, 4) is 0 Å². The molecule has 2 N–H and O–H groups in total. The van der Waals surface area contributed by atoms with Gasteiger partial charge in [-0.15, -0.1) is 11.8 Å². The van der Waals surface area contributed by atoms with Crippen molar-refractivity contribution in [2.45, 2.75) is 106 Å². The number of ether oxygens (including phenoxy) is 2. The summed E-state index contributed by atoms with van der Waals surface area (Å²) in [7, 11) is 0. The Bertz CT molecular complexity index is 1000. The van der Waals surface area contributed by atoms with Crippen LogP contribution in [0.5, 0.6) is 0 Å². The van der Waals surface area contributed by atoms with Crippen LogP contribution in [-0.4, -0.2) is 91.3 Å². The Morgan fingerprint density at radius 2 is 1.34 bits per heavy atom. The number of rotatable bonds is 5. The molecule has 5 heterocycles. The summed E-state index contributed by atoms with van der Waals surface area (Å²) in [5.41, 5.74) is 0.708. The van der Waals surface area contributed by atoms with E-state index in [1.165, 1.54) is 48.2 Å². The first kappa shape index (κ1) is 36.4. The Labute approximate surface area is 272 Å². The molecule has 0 radical (unpaired) electrons. The summed E-state index contributed by atoms with van der Waals surface area (Å²) in [6.07, 6.45) is 5.13. The van der Waals surface area contributed by atoms with E-state index in [0.717, 1.165) is 57.7 Å². The lowest BCUT2D eigenvalue weighted by molar-refractivity contribution is 0.296. The predicted octanol–water partition coefficient (Wildman–Crippen LogP) is 6.28. The fourth-order valence-electron chi connectivity index (χ4n) is 4.76. The molecule has 2 spiro atoms. The molecule has 0 saturated heterocycles. The summed E-state index contributed by atoms with van der Waals surface area (Å²) in [5.74, 6) is 8.25. The van der Waals surface area contributed by atoms with Crippen LogP contribution in [0.25, 0.3) is 0 Å². The Hall–Kier alpha value is -2.10. The van der Waals surface area contributed by atoms with Crippen LogP contribution in [-0.2, 0) is 9.47 Å². The largest absolute Gasteiger partial charge is 0.479 e. The molecular weight excluding hydrogens is 570 g/mol. The summed E-state index contributed by atoms with van der Waals surface area (Å²) in [6.45, 7) is 28.0. The third-order valence-electron chi connectivity index (χ3n) is 7.96. The average molecular weight is 632 g/mol. The SMILES string of the molecule is CC(C)C1=NC2(CC2)CO1.CC(C)C1=NCC2(CC2)N1.CC(C)C1=NCCN1.CC(C)C1=NCCO1.CC(C)C1=NCCS1. The summed E-state index contributed by atoms with van der Waals surface area (Å²) in [5, 5.41) is 8.03. The summed E-state index contributed by atoms with van der Waals surface area (Å²) in [4.78, 5) is 21.7. The van der Waals surface area contributed by atoms with Gasteiger partial charge in [0.2, 0.25) is 0 Å². The number of nitrogens with zero attached hydrogens (tertiary/aromatic N) is 5. The second-order valence-corrected chi connectivity index (χ2v) is 15.3. The van der Waals surface area contributed by atoms with E-state index >= 15 is 0 Å². The summed E-state index contributed by atoms with van der Waals surface area (Å²) in [6, 6.07) is 0. The fourth-order valence-corrected chi connectivity index (χ4v) is 5.66. The molecule has 0 aromatic heterocycles. The van der Waals surface area contributed by atoms with Gasteiger partial charge in [-0.25, -0.2) is 4.99 Å². The van der Waals surface area contributed by atoms with Crippen LogP contribution >= 0.6 is 11.8 Å². The highest BCUT2D eigenvalue weighted by Gasteiger charge is 2.48. The quantitative estimate of drug-likeness (QED) is 0.372. The van der Waals surface area contributed by atoms with Gasteiger partial charge in [-0.05, 0) is 25.7 Å². The highest BCUT2D eigenvalue weighted by Crippen LogP contribution is 2.43. The van der Waals surface area contributed by atoms with Crippen LogP contribution in [0.4, 0.5) is 0 Å². The van der Waals surface area contributed by atoms with Crippen molar-refractivity contribution in [1.82, 2.24) is 10.6 Å². The zero-order valence-corrected chi connectivity index (χ0v) is 30.1. The maximum absolute atomic E-state index is 5.44. The van der Waals surface area contributed by atoms with E-state index in [-0.39, 0.29) is 5.54 Å². The lowest BCUT2D eigenvalue weighted by Gasteiger charge is -2.10. The van der Waals surface area contributed by atoms with Gasteiger partial charge in [-0.2, -0.15) is 0 Å². The fraction of sp³-hybridized carbons (Fsp3) is 0.853. The van der Waals surface area contributed by atoms with Crippen molar-refractivity contribution in [3.05, 3.63) is 0 Å². The molecule has 0 atom stereocenters. The molecule has 5 aliphatic heterocycles. The molecule has 0 amide bonds. The van der Waals surface area contributed by atoms with E-state index in [1.54, 1.807) is 0 Å². The molecule has 7 rings (SSSR count). The van der Waals surface area contributed by atoms with Gasteiger partial charge in [0, 0.05) is 48.4 Å². The van der Waals surface area contributed by atoms with Crippen molar-refractivity contribution in [3.63, 3.8) is 0 Å². The molecule has 0 unspecified atom stereocenters. The van der Waals surface area contributed by atoms with Gasteiger partial charge in [0.05, 0.1) is 47.4 Å². The standard InChI is InChI=1S/C8H14N2.C8H13NO.C6H12N2.C6H11NO.C6H11NS/c1-6(2)7-9-5-8(10-7)3-4-8;1-6(2)7-9-8(3-4-8)5-10-7;3*1-5(2)6-7-3-4-8-6/h6H,3-5H2,1-2H3,(H,9,10);6H,3-5H2,1-2H3;5H,3-4H2,1-2H3,(H,7,8);2*5H,3-4H2,1-2H3. The number of amidine groups is 2. The first-order valence-electron chi connectivity index (χ1n) is 17.0. The van der Waals surface area contributed by atoms with Crippen LogP contribution in [0.1, 0.15) is 94.9 Å². The first-order valence-corrected chi connectivity index (χ1v) is 18.0. The number of aliphatic imine (C=N–C) groups is 5. The van der Waals surface area contributed by atoms with Gasteiger partial charge < -0.3 is 20.1 Å². The van der Waals surface area contributed by atoms with Gasteiger partial charge in [-0.3, -0.25) is 20.0 Å². The lowest BCUT2D eigenvalue weighted by Crippen LogP contribution is -2.34. The second kappa shape index (κ2) is 17.0. The molecule has 10 heteroatoms. The molecule has 9 nitrogen and oxygen atoms in total. The zero-order chi connectivity index (χ0) is 32.3. The maximum Gasteiger partial charge on any atom is 0.186 e. The van der Waals surface area contributed by atoms with Crippen LogP contribution in [0.15, 0.2) is 25.0 Å². The zero-order valence-electron chi connectivity index (χ0n) is 29.3. The van der Waals surface area contributed by atoms with Crippen LogP contribution in [0.3, 0.4) is 0 Å². The van der Waals surface area contributed by atoms with Crippen LogP contribution < -0.4 is 10.6 Å². The average Bonchev–Trinajstić information content (AvgIpc) is 3.52. The third-order valence-corrected chi connectivity index (χ3v) is 9.24. The minimum Gasteiger partial charge on any atom is -0.479 e. The van der Waals surface area contributed by atoms with Crippen molar-refractivity contribution < 1.29 is 9.47 Å². The van der Waals surface area contributed by atoms with Gasteiger partial charge in [0.1, 0.15) is 13.2 Å². The second-order valence-electron chi connectivity index (χ2n) is 14.2. The third kappa shape index (κ3) is 12.0. The minimum atomic E-state index is 0.263. The Morgan fingerprint density at radius 3 is 1.61 bits per heavy atom. The van der Waals surface area contributed by atoms with E-state index < -0.39 is 0 Å². The minimum absolute atomic E-state index is 0.263. The van der Waals surface area contributed by atoms with E-state index in [0.29, 0.717) is 35.1 Å². The van der Waals surface area contributed by atoms with Gasteiger partial charge in [-0.1, -0.05) is 69.2 Å². The van der Waals surface area contributed by atoms with E-state index in [1.807, 2.05) is 11.8 Å². The first-order chi connectivity index (χ1) is 20.9. The molecule has 2 aliphatic carbocycles. The Balaban J connectivity index is 0.000000151. The smallest absolute Gasteiger partial charge is 0.186 e. The van der Waals surface area contributed by atoms with Crippen LogP contribution in [0, 0.1) is 29.6 Å². The van der Waals surface area contributed by atoms with Crippen molar-refractivity contribution in [2.75, 3.05) is 51.7 Å². The molecule has 0 aromatic rings. The van der Waals surface area contributed by atoms with Crippen molar-refractivity contribution in [1.29, 1.82) is 0 Å². The van der Waals surface area contributed by atoms with Gasteiger partial charge in [0.25, 0.3) is 0 Å². The molecule has 0 aromatic carbocycles.